The van der Waals surface area contributed by atoms with Gasteiger partial charge < -0.3 is 14.8 Å². The number of nitrogens with zero attached hydrogens (tertiary/aromatic N) is 2. The second-order valence-electron chi connectivity index (χ2n) is 5.55. The Labute approximate surface area is 150 Å². The Bertz CT molecular complexity index is 953. The second kappa shape index (κ2) is 7.26. The number of aromatic nitrogens is 2. The molecule has 0 radical (unpaired) electrons. The van der Waals surface area contributed by atoms with Gasteiger partial charge in [-0.1, -0.05) is 12.1 Å². The maximum atomic E-state index is 14.0. The van der Waals surface area contributed by atoms with Crippen LogP contribution in [0.1, 0.15) is 16.2 Å². The molecule has 6 nitrogen and oxygen atoms in total. The van der Waals surface area contributed by atoms with Crippen LogP contribution in [0.5, 0.6) is 11.5 Å². The van der Waals surface area contributed by atoms with Crippen LogP contribution in [-0.4, -0.2) is 29.9 Å². The zero-order valence-corrected chi connectivity index (χ0v) is 14.6. The Kier molecular flexibility index (Phi) is 4.88. The molecule has 134 valence electrons. The van der Waals surface area contributed by atoms with Crippen molar-refractivity contribution in [2.75, 3.05) is 19.5 Å². The quantitative estimate of drug-likeness (QED) is 0.760. The summed E-state index contributed by atoms with van der Waals surface area (Å²) >= 11 is 0. The van der Waals surface area contributed by atoms with Crippen LogP contribution in [0.3, 0.4) is 0 Å². The number of hydrogen-bond donors (Lipinski definition) is 1. The second-order valence-corrected chi connectivity index (χ2v) is 5.55. The fourth-order valence-electron chi connectivity index (χ4n) is 2.55. The first kappa shape index (κ1) is 17.5. The van der Waals surface area contributed by atoms with Gasteiger partial charge in [0, 0.05) is 11.8 Å². The van der Waals surface area contributed by atoms with Crippen LogP contribution < -0.4 is 14.8 Å². The van der Waals surface area contributed by atoms with E-state index in [4.69, 9.17) is 9.47 Å². The first-order valence-electron chi connectivity index (χ1n) is 7.88. The molecule has 0 aliphatic heterocycles. The molecule has 0 atom stereocenters. The summed E-state index contributed by atoms with van der Waals surface area (Å²) in [6, 6.07) is 12.9. The first-order valence-corrected chi connectivity index (χ1v) is 7.88. The average molecular weight is 355 g/mol. The van der Waals surface area contributed by atoms with E-state index in [-0.39, 0.29) is 11.4 Å². The third kappa shape index (κ3) is 3.37. The fourth-order valence-corrected chi connectivity index (χ4v) is 2.55. The van der Waals surface area contributed by atoms with Crippen LogP contribution in [0, 0.1) is 12.7 Å². The van der Waals surface area contributed by atoms with Crippen LogP contribution in [-0.2, 0) is 0 Å². The molecule has 7 heteroatoms. The van der Waals surface area contributed by atoms with Crippen LogP contribution in [0.25, 0.3) is 5.69 Å². The van der Waals surface area contributed by atoms with Crippen molar-refractivity contribution in [3.05, 3.63) is 65.7 Å². The molecular formula is C19H18FN3O3. The number of rotatable bonds is 5. The lowest BCUT2D eigenvalue weighted by Gasteiger charge is -2.11. The number of hydrogen-bond acceptors (Lipinski definition) is 4. The molecule has 1 heterocycles. The Morgan fingerprint density at radius 3 is 2.58 bits per heavy atom. The maximum absolute atomic E-state index is 14.0. The molecule has 0 spiro atoms. The average Bonchev–Trinajstić information content (AvgIpc) is 3.03. The van der Waals surface area contributed by atoms with Crippen LogP contribution in [0.2, 0.25) is 0 Å². The normalized spacial score (nSPS) is 10.5. The van der Waals surface area contributed by atoms with Gasteiger partial charge in [0.25, 0.3) is 5.91 Å². The van der Waals surface area contributed by atoms with E-state index in [9.17, 15) is 9.18 Å². The summed E-state index contributed by atoms with van der Waals surface area (Å²) in [5.74, 6) is 0.216. The molecule has 2 aromatic carbocycles. The highest BCUT2D eigenvalue weighted by atomic mass is 19.1. The molecule has 1 amide bonds. The van der Waals surface area contributed by atoms with Crippen molar-refractivity contribution in [1.82, 2.24) is 9.78 Å². The summed E-state index contributed by atoms with van der Waals surface area (Å²) in [6.45, 7) is 1.75. The number of amides is 1. The zero-order valence-electron chi connectivity index (χ0n) is 14.6. The topological polar surface area (TPSA) is 65.4 Å². The van der Waals surface area contributed by atoms with Crippen molar-refractivity contribution < 1.29 is 18.7 Å². The lowest BCUT2D eigenvalue weighted by Crippen LogP contribution is -2.14. The largest absolute Gasteiger partial charge is 0.497 e. The Morgan fingerprint density at radius 2 is 1.88 bits per heavy atom. The van der Waals surface area contributed by atoms with Gasteiger partial charge in [-0.15, -0.1) is 0 Å². The third-order valence-corrected chi connectivity index (χ3v) is 3.86. The van der Waals surface area contributed by atoms with Gasteiger partial charge in [-0.2, -0.15) is 5.10 Å². The van der Waals surface area contributed by atoms with Crippen molar-refractivity contribution in [2.24, 2.45) is 0 Å². The number of anilines is 1. The van der Waals surface area contributed by atoms with Crippen molar-refractivity contribution in [3.63, 3.8) is 0 Å². The maximum Gasteiger partial charge on any atom is 0.276 e. The fraction of sp³-hybridized carbons (Fsp3) is 0.158. The SMILES string of the molecule is COc1ccc(OC)c(NC(=O)c2cc(C)n(-c3ccccc3F)n2)c1. The van der Waals surface area contributed by atoms with E-state index < -0.39 is 11.7 Å². The number of benzene rings is 2. The number of para-hydroxylation sites is 1. The minimum absolute atomic E-state index is 0.163. The summed E-state index contributed by atoms with van der Waals surface area (Å²) in [4.78, 5) is 12.6. The van der Waals surface area contributed by atoms with E-state index in [0.29, 0.717) is 22.9 Å². The Morgan fingerprint density at radius 1 is 1.12 bits per heavy atom. The van der Waals surface area contributed by atoms with Gasteiger partial charge in [-0.3, -0.25) is 4.79 Å². The predicted octanol–water partition coefficient (Wildman–Crippen LogP) is 3.59. The molecular weight excluding hydrogens is 337 g/mol. The number of aryl methyl sites for hydroxylation is 1. The molecule has 1 N–H and O–H groups in total. The van der Waals surface area contributed by atoms with Gasteiger partial charge in [-0.25, -0.2) is 9.07 Å². The van der Waals surface area contributed by atoms with Gasteiger partial charge in [0.2, 0.25) is 0 Å². The zero-order chi connectivity index (χ0) is 18.7. The van der Waals surface area contributed by atoms with Crippen molar-refractivity contribution >= 4 is 11.6 Å². The number of carbonyl (C=O) groups excluding carboxylic acids is 1. The van der Waals surface area contributed by atoms with E-state index in [1.165, 1.54) is 25.0 Å². The van der Waals surface area contributed by atoms with Gasteiger partial charge in [0.05, 0.1) is 19.9 Å². The summed E-state index contributed by atoms with van der Waals surface area (Å²) < 4.78 is 25.8. The van der Waals surface area contributed by atoms with E-state index in [1.807, 2.05) is 0 Å². The van der Waals surface area contributed by atoms with E-state index >= 15 is 0 Å². The summed E-state index contributed by atoms with van der Waals surface area (Å²) in [7, 11) is 3.04. The monoisotopic (exact) mass is 355 g/mol. The van der Waals surface area contributed by atoms with Gasteiger partial charge in [-0.05, 0) is 37.3 Å². The molecule has 0 saturated carbocycles. The van der Waals surface area contributed by atoms with E-state index in [1.54, 1.807) is 49.4 Å². The molecule has 3 rings (SSSR count). The minimum Gasteiger partial charge on any atom is -0.497 e. The van der Waals surface area contributed by atoms with Gasteiger partial charge >= 0.3 is 0 Å². The van der Waals surface area contributed by atoms with Crippen molar-refractivity contribution in [3.8, 4) is 17.2 Å². The van der Waals surface area contributed by atoms with Crippen molar-refractivity contribution in [1.29, 1.82) is 0 Å². The molecule has 0 aliphatic carbocycles. The highest BCUT2D eigenvalue weighted by Crippen LogP contribution is 2.29. The predicted molar refractivity (Wildman–Crippen MR) is 95.8 cm³/mol. The molecule has 0 bridgehead atoms. The van der Waals surface area contributed by atoms with Crippen LogP contribution in [0.4, 0.5) is 10.1 Å². The standard InChI is InChI=1S/C19H18FN3O3/c1-12-10-16(22-23(12)17-7-5-4-6-14(17)20)19(24)21-15-11-13(25-2)8-9-18(15)26-3/h4-11H,1-3H3,(H,21,24). The van der Waals surface area contributed by atoms with Gasteiger partial charge in [0.1, 0.15) is 23.0 Å². The van der Waals surface area contributed by atoms with Crippen molar-refractivity contribution in [2.45, 2.75) is 6.92 Å². The highest BCUT2D eigenvalue weighted by Gasteiger charge is 2.17. The lowest BCUT2D eigenvalue weighted by atomic mass is 10.2. The third-order valence-electron chi connectivity index (χ3n) is 3.86. The molecule has 1 aromatic heterocycles. The van der Waals surface area contributed by atoms with E-state index in [2.05, 4.69) is 10.4 Å². The number of nitrogens with one attached hydrogen (secondary N) is 1. The lowest BCUT2D eigenvalue weighted by molar-refractivity contribution is 0.102. The highest BCUT2D eigenvalue weighted by molar-refractivity contribution is 6.03. The summed E-state index contributed by atoms with van der Waals surface area (Å²) in [6.07, 6.45) is 0. The number of methoxy groups -OCH3 is 2. The summed E-state index contributed by atoms with van der Waals surface area (Å²) in [5.41, 5.74) is 1.53. The smallest absolute Gasteiger partial charge is 0.276 e. The molecule has 0 unspecified atom stereocenters. The number of ether oxygens (including phenoxy) is 2. The summed E-state index contributed by atoms with van der Waals surface area (Å²) in [5, 5.41) is 6.97. The molecule has 3 aromatic rings. The number of halogens is 1. The molecule has 26 heavy (non-hydrogen) atoms. The Balaban J connectivity index is 1.90. The number of carbonyl (C=O) groups is 1. The van der Waals surface area contributed by atoms with E-state index in [0.717, 1.165) is 0 Å². The van der Waals surface area contributed by atoms with Crippen LogP contribution in [0.15, 0.2) is 48.5 Å². The van der Waals surface area contributed by atoms with Crippen LogP contribution >= 0.6 is 0 Å². The Hall–Kier alpha value is -3.35. The minimum atomic E-state index is -0.435. The molecule has 0 saturated heterocycles. The molecule has 0 aliphatic rings. The molecule has 0 fully saturated rings. The van der Waals surface area contributed by atoms with Gasteiger partial charge in [0.15, 0.2) is 5.69 Å². The first-order chi connectivity index (χ1) is 12.5.